The molecule has 0 amide bonds. The van der Waals surface area contributed by atoms with Gasteiger partial charge in [-0.15, -0.1) is 0 Å². The Labute approximate surface area is 152 Å². The van der Waals surface area contributed by atoms with E-state index in [2.05, 4.69) is 25.9 Å². The molecule has 0 aliphatic carbocycles. The van der Waals surface area contributed by atoms with Gasteiger partial charge in [0.05, 0.1) is 15.9 Å². The van der Waals surface area contributed by atoms with Gasteiger partial charge in [0.25, 0.3) is 0 Å². The summed E-state index contributed by atoms with van der Waals surface area (Å²) >= 11 is 3.22. The van der Waals surface area contributed by atoms with Gasteiger partial charge in [-0.1, -0.05) is 0 Å². The number of rotatable bonds is 4. The van der Waals surface area contributed by atoms with E-state index in [4.69, 9.17) is 4.74 Å². The van der Waals surface area contributed by atoms with Gasteiger partial charge in [-0.3, -0.25) is 0 Å². The summed E-state index contributed by atoms with van der Waals surface area (Å²) in [6, 6.07) is 2.69. The zero-order chi connectivity index (χ0) is 18.0. The Morgan fingerprint density at radius 3 is 2.60 bits per heavy atom. The third-order valence-corrected chi connectivity index (χ3v) is 6.01. The molecule has 1 aliphatic heterocycles. The minimum atomic E-state index is -3.93. The Hall–Kier alpha value is -1.65. The highest BCUT2D eigenvalue weighted by atomic mass is 79.9. The van der Waals surface area contributed by atoms with Gasteiger partial charge in [0.1, 0.15) is 6.10 Å². The molecule has 1 atom stereocenters. The Morgan fingerprint density at radius 1 is 1.20 bits per heavy atom. The average molecular weight is 434 g/mol. The molecule has 6 nitrogen and oxygen atoms in total. The van der Waals surface area contributed by atoms with Crippen LogP contribution < -0.4 is 4.74 Å². The lowest BCUT2D eigenvalue weighted by Crippen LogP contribution is -2.44. The predicted molar refractivity (Wildman–Crippen MR) is 88.5 cm³/mol. The number of halogens is 3. The lowest BCUT2D eigenvalue weighted by Gasteiger charge is -2.31. The van der Waals surface area contributed by atoms with Crippen LogP contribution in [0.15, 0.2) is 40.0 Å². The molecule has 0 radical (unpaired) electrons. The molecular formula is C15H14BrF2N3O3S. The van der Waals surface area contributed by atoms with Gasteiger partial charge in [-0.25, -0.2) is 27.2 Å². The van der Waals surface area contributed by atoms with Gasteiger partial charge in [0.2, 0.25) is 10.0 Å². The normalized spacial score (nSPS) is 18.9. The van der Waals surface area contributed by atoms with Crippen molar-refractivity contribution >= 4 is 26.0 Å². The molecule has 134 valence electrons. The smallest absolute Gasteiger partial charge is 0.316 e. The highest BCUT2D eigenvalue weighted by molar-refractivity contribution is 9.10. The van der Waals surface area contributed by atoms with E-state index in [1.807, 2.05) is 0 Å². The summed E-state index contributed by atoms with van der Waals surface area (Å²) in [7, 11) is -3.93. The number of piperidine rings is 1. The first-order valence-electron chi connectivity index (χ1n) is 7.45. The average Bonchev–Trinajstić information content (AvgIpc) is 2.59. The minimum absolute atomic E-state index is 0.0841. The van der Waals surface area contributed by atoms with Crippen LogP contribution in [0.3, 0.4) is 0 Å². The Balaban J connectivity index is 1.75. The van der Waals surface area contributed by atoms with Gasteiger partial charge < -0.3 is 4.74 Å². The van der Waals surface area contributed by atoms with Gasteiger partial charge >= 0.3 is 6.01 Å². The van der Waals surface area contributed by atoms with E-state index in [0.717, 1.165) is 12.1 Å². The van der Waals surface area contributed by atoms with E-state index in [1.165, 1.54) is 16.7 Å². The molecule has 0 bridgehead atoms. The molecule has 10 heteroatoms. The maximum atomic E-state index is 13.4. The first-order chi connectivity index (χ1) is 11.9. The molecule has 3 rings (SSSR count). The number of hydrogen-bond donors (Lipinski definition) is 0. The van der Waals surface area contributed by atoms with Crippen molar-refractivity contribution in [2.24, 2.45) is 0 Å². The van der Waals surface area contributed by atoms with Crippen molar-refractivity contribution < 1.29 is 21.9 Å². The molecule has 0 saturated carbocycles. The first kappa shape index (κ1) is 18.2. The fraction of sp³-hybridized carbons (Fsp3) is 0.333. The zero-order valence-electron chi connectivity index (χ0n) is 12.9. The van der Waals surface area contributed by atoms with Crippen LogP contribution in [0.25, 0.3) is 0 Å². The maximum Gasteiger partial charge on any atom is 0.316 e. The third-order valence-electron chi connectivity index (χ3n) is 3.74. The summed E-state index contributed by atoms with van der Waals surface area (Å²) in [4.78, 5) is 7.71. The quantitative estimate of drug-likeness (QED) is 0.740. The second kappa shape index (κ2) is 7.30. The second-order valence-corrected chi connectivity index (χ2v) is 8.36. The fourth-order valence-corrected chi connectivity index (χ4v) is 4.24. The van der Waals surface area contributed by atoms with Crippen molar-refractivity contribution in [3.63, 3.8) is 0 Å². The van der Waals surface area contributed by atoms with Crippen molar-refractivity contribution in [2.75, 3.05) is 13.1 Å². The minimum Gasteiger partial charge on any atom is -0.459 e. The van der Waals surface area contributed by atoms with E-state index < -0.39 is 27.8 Å². The standard InChI is InChI=1S/C15H14BrF2N3O3S/c16-10-7-19-15(20-8-10)24-11-2-1-5-21(9-11)25(22,23)12-3-4-13(17)14(18)6-12/h3-4,6-8,11H,1-2,5,9H2/t11-/m1/s1. The topological polar surface area (TPSA) is 72.4 Å². The molecular weight excluding hydrogens is 420 g/mol. The SMILES string of the molecule is O=S(=O)(c1ccc(F)c(F)c1)N1CCC[C@@H](Oc2ncc(Br)cn2)C1. The van der Waals surface area contributed by atoms with Gasteiger partial charge in [0.15, 0.2) is 11.6 Å². The van der Waals surface area contributed by atoms with Crippen LogP contribution in [0.4, 0.5) is 8.78 Å². The van der Waals surface area contributed by atoms with Crippen LogP contribution in [0.2, 0.25) is 0 Å². The molecule has 1 aliphatic rings. The van der Waals surface area contributed by atoms with Gasteiger partial charge in [0, 0.05) is 18.9 Å². The summed E-state index contributed by atoms with van der Waals surface area (Å²) in [6.45, 7) is 0.364. The molecule has 0 unspecified atom stereocenters. The van der Waals surface area contributed by atoms with E-state index in [-0.39, 0.29) is 24.0 Å². The number of nitrogens with zero attached hydrogens (tertiary/aromatic N) is 3. The van der Waals surface area contributed by atoms with Gasteiger partial charge in [-0.2, -0.15) is 4.31 Å². The lowest BCUT2D eigenvalue weighted by molar-refractivity contribution is 0.119. The van der Waals surface area contributed by atoms with Crippen molar-refractivity contribution in [1.82, 2.24) is 14.3 Å². The summed E-state index contributed by atoms with van der Waals surface area (Å²) in [5, 5.41) is 0. The number of aromatic nitrogens is 2. The Kier molecular flexibility index (Phi) is 5.30. The fourth-order valence-electron chi connectivity index (χ4n) is 2.52. The zero-order valence-corrected chi connectivity index (χ0v) is 15.3. The van der Waals surface area contributed by atoms with Crippen LogP contribution in [-0.2, 0) is 10.0 Å². The van der Waals surface area contributed by atoms with Crippen LogP contribution in [0, 0.1) is 11.6 Å². The van der Waals surface area contributed by atoms with Crippen molar-refractivity contribution in [1.29, 1.82) is 0 Å². The molecule has 25 heavy (non-hydrogen) atoms. The lowest BCUT2D eigenvalue weighted by atomic mass is 10.1. The largest absolute Gasteiger partial charge is 0.459 e. The molecule has 2 heterocycles. The molecule has 2 aromatic rings. The number of sulfonamides is 1. The molecule has 1 fully saturated rings. The molecule has 0 spiro atoms. The Bertz CT molecular complexity index is 865. The van der Waals surface area contributed by atoms with E-state index in [0.29, 0.717) is 23.4 Å². The number of ether oxygens (including phenoxy) is 1. The van der Waals surface area contributed by atoms with Gasteiger partial charge in [-0.05, 0) is 47.0 Å². The van der Waals surface area contributed by atoms with E-state index in [9.17, 15) is 17.2 Å². The molecule has 1 aromatic heterocycles. The summed E-state index contributed by atoms with van der Waals surface area (Å²) < 4.78 is 59.2. The predicted octanol–water partition coefficient (Wildman–Crippen LogP) is 2.75. The van der Waals surface area contributed by atoms with E-state index in [1.54, 1.807) is 0 Å². The van der Waals surface area contributed by atoms with E-state index >= 15 is 0 Å². The highest BCUT2D eigenvalue weighted by Crippen LogP contribution is 2.24. The van der Waals surface area contributed by atoms with Crippen LogP contribution in [0.5, 0.6) is 6.01 Å². The molecule has 0 N–H and O–H groups in total. The molecule has 1 saturated heterocycles. The first-order valence-corrected chi connectivity index (χ1v) is 9.69. The molecule has 1 aromatic carbocycles. The highest BCUT2D eigenvalue weighted by Gasteiger charge is 2.32. The van der Waals surface area contributed by atoms with Crippen molar-refractivity contribution in [3.8, 4) is 6.01 Å². The Morgan fingerprint density at radius 2 is 1.92 bits per heavy atom. The van der Waals surface area contributed by atoms with Crippen molar-refractivity contribution in [2.45, 2.75) is 23.8 Å². The summed E-state index contributed by atoms with van der Waals surface area (Å²) in [6.07, 6.45) is 3.85. The third kappa shape index (κ3) is 4.13. The number of benzene rings is 1. The van der Waals surface area contributed by atoms with Crippen LogP contribution in [-0.4, -0.2) is 41.9 Å². The van der Waals surface area contributed by atoms with Crippen LogP contribution in [0.1, 0.15) is 12.8 Å². The summed E-state index contributed by atoms with van der Waals surface area (Å²) in [5.74, 6) is -2.29. The maximum absolute atomic E-state index is 13.4. The van der Waals surface area contributed by atoms with Crippen LogP contribution >= 0.6 is 15.9 Å². The monoisotopic (exact) mass is 433 g/mol. The number of hydrogen-bond acceptors (Lipinski definition) is 5. The summed E-state index contributed by atoms with van der Waals surface area (Å²) in [5.41, 5.74) is 0. The van der Waals surface area contributed by atoms with Crippen molar-refractivity contribution in [3.05, 3.63) is 46.7 Å². The second-order valence-electron chi connectivity index (χ2n) is 5.50.